The number of carbonyl (C=O) groups excluding carboxylic acids is 2. The van der Waals surface area contributed by atoms with Gasteiger partial charge in [-0.15, -0.1) is 0 Å². The highest BCUT2D eigenvalue weighted by molar-refractivity contribution is 5.69. The maximum absolute atomic E-state index is 12.0. The predicted molar refractivity (Wildman–Crippen MR) is 73.4 cm³/mol. The fraction of sp³-hybridized carbons (Fsp3) is 0.857. The van der Waals surface area contributed by atoms with Crippen LogP contribution in [-0.4, -0.2) is 55.5 Å². The van der Waals surface area contributed by atoms with Gasteiger partial charge in [-0.3, -0.25) is 4.79 Å². The molecule has 0 bridgehead atoms. The summed E-state index contributed by atoms with van der Waals surface area (Å²) >= 11 is 0. The topological polar surface area (TPSA) is 65.1 Å². The van der Waals surface area contributed by atoms with Crippen molar-refractivity contribution < 1.29 is 23.8 Å². The second kappa shape index (κ2) is 7.47. The SMILES string of the molecule is COC(=O)CCOC[C@@H]1CCCN1C(=O)OC(C)(C)C. The van der Waals surface area contributed by atoms with Gasteiger partial charge in [-0.25, -0.2) is 4.79 Å². The average molecular weight is 287 g/mol. The standard InChI is InChI=1S/C14H25NO5/c1-14(2,3)20-13(17)15-8-5-6-11(15)10-19-9-7-12(16)18-4/h11H,5-10H2,1-4H3/t11-/m0/s1. The minimum absolute atomic E-state index is 0.0301. The smallest absolute Gasteiger partial charge is 0.410 e. The Hall–Kier alpha value is -1.30. The Morgan fingerprint density at radius 3 is 2.60 bits per heavy atom. The summed E-state index contributed by atoms with van der Waals surface area (Å²) in [6.45, 7) is 6.98. The van der Waals surface area contributed by atoms with Crippen molar-refractivity contribution in [2.75, 3.05) is 26.9 Å². The summed E-state index contributed by atoms with van der Waals surface area (Å²) < 4.78 is 15.4. The van der Waals surface area contributed by atoms with Crippen molar-refractivity contribution in [3.63, 3.8) is 0 Å². The Balaban J connectivity index is 2.34. The number of ether oxygens (including phenoxy) is 3. The van der Waals surface area contributed by atoms with E-state index in [1.54, 1.807) is 4.90 Å². The summed E-state index contributed by atoms with van der Waals surface area (Å²) in [5, 5.41) is 0. The monoisotopic (exact) mass is 287 g/mol. The molecule has 1 fully saturated rings. The molecule has 1 rings (SSSR count). The molecule has 0 aromatic heterocycles. The lowest BCUT2D eigenvalue weighted by Crippen LogP contribution is -2.41. The van der Waals surface area contributed by atoms with E-state index in [0.29, 0.717) is 19.8 Å². The number of methoxy groups -OCH3 is 1. The van der Waals surface area contributed by atoms with Gasteiger partial charge in [-0.2, -0.15) is 0 Å². The molecule has 1 saturated heterocycles. The average Bonchev–Trinajstić information content (AvgIpc) is 2.80. The molecule has 0 aromatic carbocycles. The van der Waals surface area contributed by atoms with Gasteiger partial charge in [0.2, 0.25) is 0 Å². The highest BCUT2D eigenvalue weighted by Crippen LogP contribution is 2.21. The molecule has 6 heteroatoms. The fourth-order valence-electron chi connectivity index (χ4n) is 2.05. The second-order valence-corrected chi connectivity index (χ2v) is 5.87. The number of hydrogen-bond acceptors (Lipinski definition) is 5. The van der Waals surface area contributed by atoms with Gasteiger partial charge in [0.1, 0.15) is 5.60 Å². The van der Waals surface area contributed by atoms with Crippen LogP contribution in [0.3, 0.4) is 0 Å². The summed E-state index contributed by atoms with van der Waals surface area (Å²) in [6, 6.07) is 0.0301. The van der Waals surface area contributed by atoms with E-state index in [1.807, 2.05) is 20.8 Å². The van der Waals surface area contributed by atoms with E-state index in [1.165, 1.54) is 7.11 Å². The van der Waals surface area contributed by atoms with Crippen molar-refractivity contribution >= 4 is 12.1 Å². The summed E-state index contributed by atoms with van der Waals surface area (Å²) in [5.41, 5.74) is -0.490. The molecule has 1 aliphatic heterocycles. The van der Waals surface area contributed by atoms with Crippen LogP contribution in [0.15, 0.2) is 0 Å². The van der Waals surface area contributed by atoms with E-state index >= 15 is 0 Å². The molecule has 0 aromatic rings. The Morgan fingerprint density at radius 2 is 2.00 bits per heavy atom. The Morgan fingerprint density at radius 1 is 1.30 bits per heavy atom. The molecule has 1 amide bonds. The Kier molecular flexibility index (Phi) is 6.26. The summed E-state index contributed by atoms with van der Waals surface area (Å²) in [7, 11) is 1.35. The maximum Gasteiger partial charge on any atom is 0.410 e. The maximum atomic E-state index is 12.0. The molecule has 0 spiro atoms. The van der Waals surface area contributed by atoms with Crippen LogP contribution in [-0.2, 0) is 19.0 Å². The van der Waals surface area contributed by atoms with E-state index < -0.39 is 5.60 Å². The van der Waals surface area contributed by atoms with Gasteiger partial charge in [-0.05, 0) is 33.6 Å². The Labute approximate surface area is 120 Å². The Bertz CT molecular complexity index is 337. The first-order chi connectivity index (χ1) is 9.33. The number of esters is 1. The first kappa shape index (κ1) is 16.8. The number of nitrogens with zero attached hydrogens (tertiary/aromatic N) is 1. The molecular formula is C14H25NO5. The van der Waals surface area contributed by atoms with Gasteiger partial charge >= 0.3 is 12.1 Å². The normalized spacial score (nSPS) is 19.0. The first-order valence-electron chi connectivity index (χ1n) is 6.97. The number of carbonyl (C=O) groups is 2. The van der Waals surface area contributed by atoms with Crippen LogP contribution in [0.5, 0.6) is 0 Å². The largest absolute Gasteiger partial charge is 0.469 e. The van der Waals surface area contributed by atoms with Crippen LogP contribution in [0.1, 0.15) is 40.0 Å². The molecule has 6 nitrogen and oxygen atoms in total. The van der Waals surface area contributed by atoms with Crippen LogP contribution in [0.2, 0.25) is 0 Å². The van der Waals surface area contributed by atoms with Gasteiger partial charge in [0.25, 0.3) is 0 Å². The molecular weight excluding hydrogens is 262 g/mol. The van der Waals surface area contributed by atoms with Crippen LogP contribution >= 0.6 is 0 Å². The number of rotatable bonds is 5. The van der Waals surface area contributed by atoms with Crippen LogP contribution in [0.25, 0.3) is 0 Å². The molecule has 1 aliphatic rings. The number of amides is 1. The molecule has 1 atom stereocenters. The molecule has 0 saturated carbocycles. The van der Waals surface area contributed by atoms with Crippen molar-refractivity contribution in [3.05, 3.63) is 0 Å². The summed E-state index contributed by atoms with van der Waals surface area (Å²) in [6.07, 6.45) is 1.79. The molecule has 0 radical (unpaired) electrons. The highest BCUT2D eigenvalue weighted by atomic mass is 16.6. The minimum Gasteiger partial charge on any atom is -0.469 e. The van der Waals surface area contributed by atoms with Crippen molar-refractivity contribution in [2.24, 2.45) is 0 Å². The number of likely N-dealkylation sites (tertiary alicyclic amines) is 1. The fourth-order valence-corrected chi connectivity index (χ4v) is 2.05. The predicted octanol–water partition coefficient (Wildman–Crippen LogP) is 1.97. The molecule has 116 valence electrons. The summed E-state index contributed by atoms with van der Waals surface area (Å²) in [5.74, 6) is -0.291. The van der Waals surface area contributed by atoms with Gasteiger partial charge in [0, 0.05) is 6.54 Å². The zero-order valence-corrected chi connectivity index (χ0v) is 12.8. The van der Waals surface area contributed by atoms with Crippen molar-refractivity contribution in [2.45, 2.75) is 51.7 Å². The zero-order chi connectivity index (χ0) is 15.2. The van der Waals surface area contributed by atoms with Crippen molar-refractivity contribution in [1.82, 2.24) is 4.90 Å². The van der Waals surface area contributed by atoms with Crippen LogP contribution in [0, 0.1) is 0 Å². The van der Waals surface area contributed by atoms with Gasteiger partial charge in [-0.1, -0.05) is 0 Å². The lowest BCUT2D eigenvalue weighted by Gasteiger charge is -2.28. The third kappa shape index (κ3) is 5.77. The first-order valence-corrected chi connectivity index (χ1v) is 6.97. The number of hydrogen-bond donors (Lipinski definition) is 0. The third-order valence-corrected chi connectivity index (χ3v) is 2.99. The molecule has 0 N–H and O–H groups in total. The lowest BCUT2D eigenvalue weighted by atomic mass is 10.2. The molecule has 0 unspecified atom stereocenters. The zero-order valence-electron chi connectivity index (χ0n) is 12.8. The van der Waals surface area contributed by atoms with Crippen LogP contribution in [0.4, 0.5) is 4.79 Å². The molecule has 0 aliphatic carbocycles. The van der Waals surface area contributed by atoms with Gasteiger partial charge in [0.15, 0.2) is 0 Å². The van der Waals surface area contributed by atoms with E-state index in [-0.39, 0.29) is 24.5 Å². The quantitative estimate of drug-likeness (QED) is 0.571. The van der Waals surface area contributed by atoms with Crippen molar-refractivity contribution in [3.8, 4) is 0 Å². The van der Waals surface area contributed by atoms with E-state index in [4.69, 9.17) is 9.47 Å². The molecule has 1 heterocycles. The summed E-state index contributed by atoms with van der Waals surface area (Å²) in [4.78, 5) is 24.7. The van der Waals surface area contributed by atoms with Crippen LogP contribution < -0.4 is 0 Å². The van der Waals surface area contributed by atoms with Gasteiger partial charge < -0.3 is 19.1 Å². The lowest BCUT2D eigenvalue weighted by molar-refractivity contribution is -0.141. The van der Waals surface area contributed by atoms with E-state index in [9.17, 15) is 9.59 Å². The highest BCUT2D eigenvalue weighted by Gasteiger charge is 2.32. The molecule has 20 heavy (non-hydrogen) atoms. The van der Waals surface area contributed by atoms with Gasteiger partial charge in [0.05, 0.1) is 32.8 Å². The van der Waals surface area contributed by atoms with E-state index in [0.717, 1.165) is 12.8 Å². The second-order valence-electron chi connectivity index (χ2n) is 5.87. The van der Waals surface area contributed by atoms with Crippen molar-refractivity contribution in [1.29, 1.82) is 0 Å². The third-order valence-electron chi connectivity index (χ3n) is 2.99. The van der Waals surface area contributed by atoms with E-state index in [2.05, 4.69) is 4.74 Å². The minimum atomic E-state index is -0.490.